The van der Waals surface area contributed by atoms with Crippen molar-refractivity contribution in [3.8, 4) is 0 Å². The number of hydrogen-bond acceptors (Lipinski definition) is 2. The first-order valence-electron chi connectivity index (χ1n) is 4.06. The van der Waals surface area contributed by atoms with Gasteiger partial charge in [0.2, 0.25) is 0 Å². The summed E-state index contributed by atoms with van der Waals surface area (Å²) in [5.41, 5.74) is 4.93. The molecule has 4 N–H and O–H groups in total. The molecule has 0 radical (unpaired) electrons. The van der Waals surface area contributed by atoms with Crippen molar-refractivity contribution in [1.82, 2.24) is 10.6 Å². The Bertz CT molecular complexity index is 137. The van der Waals surface area contributed by atoms with Gasteiger partial charge in [0.1, 0.15) is 0 Å². The van der Waals surface area contributed by atoms with Gasteiger partial charge in [-0.15, -0.1) is 12.4 Å². The van der Waals surface area contributed by atoms with Gasteiger partial charge < -0.3 is 16.4 Å². The highest BCUT2D eigenvalue weighted by atomic mass is 35.5. The van der Waals surface area contributed by atoms with Crippen LogP contribution in [0.5, 0.6) is 0 Å². The van der Waals surface area contributed by atoms with Gasteiger partial charge in [-0.2, -0.15) is 0 Å². The second-order valence-corrected chi connectivity index (χ2v) is 2.89. The molecule has 1 saturated heterocycles. The minimum Gasteiger partial charge on any atom is -0.352 e. The molecule has 0 bridgehead atoms. The molecule has 1 fully saturated rings. The Hall–Kier alpha value is -0.480. The van der Waals surface area contributed by atoms with Gasteiger partial charge in [0.15, 0.2) is 0 Å². The topological polar surface area (TPSA) is 67.2 Å². The molecule has 5 heteroatoms. The predicted octanol–water partition coefficient (Wildman–Crippen LogP) is 0.219. The molecule has 1 rings (SSSR count). The van der Waals surface area contributed by atoms with E-state index >= 15 is 0 Å². The molecular formula is C7H16ClN3O. The van der Waals surface area contributed by atoms with E-state index in [-0.39, 0.29) is 12.4 Å². The van der Waals surface area contributed by atoms with E-state index in [0.717, 1.165) is 13.0 Å². The summed E-state index contributed by atoms with van der Waals surface area (Å²) in [4.78, 5) is 10.3. The van der Waals surface area contributed by atoms with Crippen LogP contribution in [0, 0.1) is 0 Å². The highest BCUT2D eigenvalue weighted by molar-refractivity contribution is 5.85. The molecule has 12 heavy (non-hydrogen) atoms. The van der Waals surface area contributed by atoms with Gasteiger partial charge in [0.05, 0.1) is 0 Å². The van der Waals surface area contributed by atoms with Crippen molar-refractivity contribution in [3.63, 3.8) is 0 Å². The summed E-state index contributed by atoms with van der Waals surface area (Å²) in [7, 11) is 0. The minimum atomic E-state index is -0.433. The van der Waals surface area contributed by atoms with E-state index in [9.17, 15) is 4.79 Å². The molecule has 0 aromatic rings. The molecule has 1 heterocycles. The van der Waals surface area contributed by atoms with Crippen LogP contribution < -0.4 is 16.4 Å². The second kappa shape index (κ2) is 6.08. The van der Waals surface area contributed by atoms with Crippen LogP contribution in [0.15, 0.2) is 0 Å². The van der Waals surface area contributed by atoms with Crippen LogP contribution in [0.2, 0.25) is 0 Å². The molecule has 2 amide bonds. The lowest BCUT2D eigenvalue weighted by Gasteiger charge is -2.22. The number of primary amides is 1. The van der Waals surface area contributed by atoms with E-state index in [1.165, 1.54) is 12.8 Å². The Morgan fingerprint density at radius 1 is 1.58 bits per heavy atom. The zero-order valence-electron chi connectivity index (χ0n) is 7.01. The normalized spacial score (nSPS) is 22.5. The number of carbonyl (C=O) groups is 1. The van der Waals surface area contributed by atoms with Crippen LogP contribution in [-0.4, -0.2) is 25.2 Å². The van der Waals surface area contributed by atoms with E-state index in [0.29, 0.717) is 12.6 Å². The maximum Gasteiger partial charge on any atom is 0.312 e. The SMILES string of the molecule is Cl.NC(=O)NCC1CCCCN1. The molecule has 0 aromatic heterocycles. The summed E-state index contributed by atoms with van der Waals surface area (Å²) in [5.74, 6) is 0. The van der Waals surface area contributed by atoms with E-state index in [1.54, 1.807) is 0 Å². The van der Waals surface area contributed by atoms with E-state index in [1.807, 2.05) is 0 Å². The highest BCUT2D eigenvalue weighted by Crippen LogP contribution is 2.05. The maximum absolute atomic E-state index is 10.3. The first-order valence-corrected chi connectivity index (χ1v) is 4.06. The number of piperidine rings is 1. The molecule has 1 unspecified atom stereocenters. The molecule has 1 atom stereocenters. The average Bonchev–Trinajstić information content (AvgIpc) is 2.03. The van der Waals surface area contributed by atoms with Crippen molar-refractivity contribution < 1.29 is 4.79 Å². The molecule has 72 valence electrons. The van der Waals surface area contributed by atoms with Crippen molar-refractivity contribution in [2.45, 2.75) is 25.3 Å². The van der Waals surface area contributed by atoms with Crippen LogP contribution in [-0.2, 0) is 0 Å². The van der Waals surface area contributed by atoms with Gasteiger partial charge in [0.25, 0.3) is 0 Å². The van der Waals surface area contributed by atoms with Crippen LogP contribution in [0.25, 0.3) is 0 Å². The molecule has 1 aliphatic rings. The first-order chi connectivity index (χ1) is 5.29. The van der Waals surface area contributed by atoms with Crippen LogP contribution in [0.4, 0.5) is 4.79 Å². The van der Waals surface area contributed by atoms with Gasteiger partial charge in [-0.3, -0.25) is 0 Å². The third-order valence-electron chi connectivity index (χ3n) is 1.94. The quantitative estimate of drug-likeness (QED) is 0.588. The monoisotopic (exact) mass is 193 g/mol. The van der Waals surface area contributed by atoms with Crippen LogP contribution >= 0.6 is 12.4 Å². The smallest absolute Gasteiger partial charge is 0.312 e. The summed E-state index contributed by atoms with van der Waals surface area (Å²) in [5, 5.41) is 5.90. The number of hydrogen-bond donors (Lipinski definition) is 3. The predicted molar refractivity (Wildman–Crippen MR) is 50.5 cm³/mol. The van der Waals surface area contributed by atoms with E-state index in [2.05, 4.69) is 10.6 Å². The first kappa shape index (κ1) is 11.5. The summed E-state index contributed by atoms with van der Waals surface area (Å²) in [6, 6.07) is -0.00590. The van der Waals surface area contributed by atoms with Crippen LogP contribution in [0.1, 0.15) is 19.3 Å². The number of nitrogens with one attached hydrogen (secondary N) is 2. The van der Waals surface area contributed by atoms with Crippen molar-refractivity contribution in [1.29, 1.82) is 0 Å². The minimum absolute atomic E-state index is 0. The molecule has 0 aromatic carbocycles. The maximum atomic E-state index is 10.3. The van der Waals surface area contributed by atoms with Gasteiger partial charge in [-0.05, 0) is 19.4 Å². The fourth-order valence-electron chi connectivity index (χ4n) is 1.32. The Labute approximate surface area is 78.7 Å². The summed E-state index contributed by atoms with van der Waals surface area (Å²) in [6.45, 7) is 1.72. The number of halogens is 1. The summed E-state index contributed by atoms with van der Waals surface area (Å²) < 4.78 is 0. The van der Waals surface area contributed by atoms with Crippen molar-refractivity contribution in [2.24, 2.45) is 5.73 Å². The second-order valence-electron chi connectivity index (χ2n) is 2.89. The molecule has 0 aliphatic carbocycles. The lowest BCUT2D eigenvalue weighted by Crippen LogP contribution is -2.44. The summed E-state index contributed by atoms with van der Waals surface area (Å²) >= 11 is 0. The average molecular weight is 194 g/mol. The van der Waals surface area contributed by atoms with Gasteiger partial charge in [-0.1, -0.05) is 6.42 Å². The standard InChI is InChI=1S/C7H15N3O.ClH/c8-7(11)10-5-6-3-1-2-4-9-6;/h6,9H,1-5H2,(H3,8,10,11);1H. The number of rotatable bonds is 2. The number of nitrogens with two attached hydrogens (primary N) is 1. The number of urea groups is 1. The third-order valence-corrected chi connectivity index (χ3v) is 1.94. The summed E-state index contributed by atoms with van der Waals surface area (Å²) in [6.07, 6.45) is 3.63. The molecule has 4 nitrogen and oxygen atoms in total. The molecule has 0 spiro atoms. The van der Waals surface area contributed by atoms with Crippen molar-refractivity contribution in [2.75, 3.05) is 13.1 Å². The Kier molecular flexibility index (Phi) is 5.84. The van der Waals surface area contributed by atoms with E-state index in [4.69, 9.17) is 5.73 Å². The lowest BCUT2D eigenvalue weighted by molar-refractivity contribution is 0.246. The third kappa shape index (κ3) is 4.41. The van der Waals surface area contributed by atoms with Crippen molar-refractivity contribution in [3.05, 3.63) is 0 Å². The van der Waals surface area contributed by atoms with Gasteiger partial charge in [-0.25, -0.2) is 4.79 Å². The zero-order chi connectivity index (χ0) is 8.10. The van der Waals surface area contributed by atoms with Gasteiger partial charge in [0, 0.05) is 12.6 Å². The number of carbonyl (C=O) groups excluding carboxylic acids is 1. The van der Waals surface area contributed by atoms with Gasteiger partial charge >= 0.3 is 6.03 Å². The zero-order valence-corrected chi connectivity index (χ0v) is 7.82. The fourth-order valence-corrected chi connectivity index (χ4v) is 1.32. The highest BCUT2D eigenvalue weighted by Gasteiger charge is 2.11. The largest absolute Gasteiger partial charge is 0.352 e. The lowest BCUT2D eigenvalue weighted by atomic mass is 10.1. The van der Waals surface area contributed by atoms with E-state index < -0.39 is 6.03 Å². The Balaban J connectivity index is 0.00000121. The molecule has 0 saturated carbocycles. The molecule has 1 aliphatic heterocycles. The van der Waals surface area contributed by atoms with Crippen LogP contribution in [0.3, 0.4) is 0 Å². The Morgan fingerprint density at radius 3 is 2.83 bits per heavy atom. The Morgan fingerprint density at radius 2 is 2.33 bits per heavy atom. The fraction of sp³-hybridized carbons (Fsp3) is 0.857. The molecular weight excluding hydrogens is 178 g/mol. The number of amides is 2. The van der Waals surface area contributed by atoms with Crippen molar-refractivity contribution >= 4 is 18.4 Å².